The van der Waals surface area contributed by atoms with Gasteiger partial charge >= 0.3 is 5.97 Å². The van der Waals surface area contributed by atoms with E-state index >= 15 is 0 Å². The lowest BCUT2D eigenvalue weighted by Crippen LogP contribution is -2.60. The van der Waals surface area contributed by atoms with Crippen LogP contribution in [0.5, 0.6) is 0 Å². The molecular weight excluding hydrogens is 1070 g/mol. The highest BCUT2D eigenvalue weighted by atomic mass is 16.7. The predicted molar refractivity (Wildman–Crippen MR) is 361 cm³/mol. The number of hydrogen-bond donors (Lipinski definition) is 6. The van der Waals surface area contributed by atoms with Gasteiger partial charge in [-0.1, -0.05) is 273 Å². The molecule has 0 aromatic rings. The van der Waals surface area contributed by atoms with Gasteiger partial charge in [0.25, 0.3) is 0 Å². The highest BCUT2D eigenvalue weighted by Crippen LogP contribution is 2.23. The second-order valence-corrected chi connectivity index (χ2v) is 24.9. The number of unbranched alkanes of at least 4 members (excludes halogenated alkanes) is 39. The number of esters is 1. The van der Waals surface area contributed by atoms with Crippen molar-refractivity contribution >= 4 is 11.9 Å². The molecule has 86 heavy (non-hydrogen) atoms. The standard InChI is InChI=1S/C75H135NO10/c1-3-5-7-9-11-13-15-17-35-38-41-45-49-53-57-61-68(78)67(66-85-75-74(83)73(82)72(81)69(65-77)86-75)76-70(79)62-58-54-50-46-42-39-36-33-31-29-27-25-23-21-19-18-20-22-24-26-28-30-32-34-37-40-44-48-52-56-60-64-84-71(80)63-59-55-51-47-43-16-14-12-10-8-6-4-2/h12,14-15,17,20,22,26,28,41,45,57,61,67-69,72-75,77-78,81-83H,3-11,13,16,18-19,21,23-25,27,29-40,42-44,46-56,58-60,62-66H2,1-2H3,(H,76,79)/b14-12-,17-15+,22-20-,28-26-,45-41+,61-57+. The topological polar surface area (TPSA) is 175 Å². The first kappa shape index (κ1) is 81.1. The maximum atomic E-state index is 13.1. The number of amides is 1. The smallest absolute Gasteiger partial charge is 0.305 e. The van der Waals surface area contributed by atoms with Crippen molar-refractivity contribution in [3.63, 3.8) is 0 Å². The summed E-state index contributed by atoms with van der Waals surface area (Å²) in [6, 6.07) is -0.836. The molecule has 1 amide bonds. The van der Waals surface area contributed by atoms with Gasteiger partial charge in [-0.05, 0) is 116 Å². The first-order valence-electron chi connectivity index (χ1n) is 36.2. The number of carbonyl (C=O) groups excluding carboxylic acids is 2. The fourth-order valence-corrected chi connectivity index (χ4v) is 11.0. The summed E-state index contributed by atoms with van der Waals surface area (Å²) in [4.78, 5) is 25.1. The molecule has 0 radical (unpaired) electrons. The molecule has 1 rings (SSSR count). The van der Waals surface area contributed by atoms with E-state index in [2.05, 4.69) is 79.9 Å². The second-order valence-electron chi connectivity index (χ2n) is 24.9. The van der Waals surface area contributed by atoms with Crippen LogP contribution in [0.25, 0.3) is 0 Å². The Morgan fingerprint density at radius 2 is 0.791 bits per heavy atom. The van der Waals surface area contributed by atoms with Crippen molar-refractivity contribution in [1.29, 1.82) is 0 Å². The fourth-order valence-electron chi connectivity index (χ4n) is 11.0. The molecule has 1 aliphatic rings. The molecule has 1 saturated heterocycles. The summed E-state index contributed by atoms with van der Waals surface area (Å²) in [5.74, 6) is -0.201. The van der Waals surface area contributed by atoms with Gasteiger partial charge in [-0.2, -0.15) is 0 Å². The van der Waals surface area contributed by atoms with E-state index in [4.69, 9.17) is 14.2 Å². The summed E-state index contributed by atoms with van der Waals surface area (Å²) in [5, 5.41) is 54.5. The third-order valence-electron chi connectivity index (χ3n) is 16.7. The minimum atomic E-state index is -1.58. The van der Waals surface area contributed by atoms with Gasteiger partial charge in [0.05, 0.1) is 32.0 Å². The first-order chi connectivity index (χ1) is 42.2. The van der Waals surface area contributed by atoms with Gasteiger partial charge in [0.2, 0.25) is 5.91 Å². The molecule has 1 aliphatic heterocycles. The van der Waals surface area contributed by atoms with E-state index in [1.807, 2.05) is 6.08 Å². The van der Waals surface area contributed by atoms with E-state index < -0.39 is 49.5 Å². The third-order valence-corrected chi connectivity index (χ3v) is 16.7. The lowest BCUT2D eigenvalue weighted by molar-refractivity contribution is -0.302. The maximum absolute atomic E-state index is 13.1. The Morgan fingerprint density at radius 3 is 1.24 bits per heavy atom. The number of allylic oxidation sites excluding steroid dienone is 11. The first-order valence-corrected chi connectivity index (χ1v) is 36.2. The van der Waals surface area contributed by atoms with Crippen LogP contribution >= 0.6 is 0 Å². The van der Waals surface area contributed by atoms with Gasteiger partial charge in [-0.3, -0.25) is 9.59 Å². The van der Waals surface area contributed by atoms with Crippen molar-refractivity contribution in [2.45, 2.75) is 371 Å². The molecule has 0 aliphatic carbocycles. The van der Waals surface area contributed by atoms with Crippen molar-refractivity contribution in [3.8, 4) is 0 Å². The second kappa shape index (κ2) is 63.7. The molecule has 0 saturated carbocycles. The highest BCUT2D eigenvalue weighted by molar-refractivity contribution is 5.76. The van der Waals surface area contributed by atoms with Gasteiger partial charge in [-0.25, -0.2) is 0 Å². The lowest BCUT2D eigenvalue weighted by atomic mass is 9.99. The van der Waals surface area contributed by atoms with Gasteiger partial charge in [0, 0.05) is 12.8 Å². The molecule has 1 heterocycles. The highest BCUT2D eigenvalue weighted by Gasteiger charge is 2.44. The SMILES string of the molecule is CCCCC/C=C\CCCCCCCC(=O)OCCCCCCCCCCC/C=C\C/C=C\CCCCCCCCCCCCCCCCCC(=O)NC(COC1OC(CO)C(O)C(O)C1O)C(O)/C=C/CC/C=C/CC/C=C/CCCCCCC. The van der Waals surface area contributed by atoms with Crippen LogP contribution in [0, 0.1) is 0 Å². The summed E-state index contributed by atoms with van der Waals surface area (Å²) in [7, 11) is 0. The Hall–Kier alpha value is -2.90. The number of aliphatic hydroxyl groups is 5. The minimum Gasteiger partial charge on any atom is -0.466 e. The lowest BCUT2D eigenvalue weighted by Gasteiger charge is -2.40. The molecule has 7 unspecified atom stereocenters. The summed E-state index contributed by atoms with van der Waals surface area (Å²) >= 11 is 0. The molecule has 1 fully saturated rings. The number of aliphatic hydroxyl groups excluding tert-OH is 5. The van der Waals surface area contributed by atoms with Gasteiger partial charge in [0.15, 0.2) is 6.29 Å². The average molecular weight is 1210 g/mol. The Kier molecular flexibility index (Phi) is 60.0. The van der Waals surface area contributed by atoms with E-state index in [0.717, 1.165) is 77.0 Å². The van der Waals surface area contributed by atoms with Crippen LogP contribution < -0.4 is 5.32 Å². The van der Waals surface area contributed by atoms with Crippen LogP contribution in [-0.2, 0) is 23.8 Å². The monoisotopic (exact) mass is 1210 g/mol. The quantitative estimate of drug-likeness (QED) is 0.0195. The summed E-state index contributed by atoms with van der Waals surface area (Å²) < 4.78 is 16.7. The molecule has 500 valence electrons. The zero-order valence-electron chi connectivity index (χ0n) is 55.5. The Labute approximate surface area is 528 Å². The summed E-state index contributed by atoms with van der Waals surface area (Å²) in [6.45, 7) is 4.30. The molecule has 7 atom stereocenters. The van der Waals surface area contributed by atoms with Crippen LogP contribution in [0.2, 0.25) is 0 Å². The molecule has 11 heteroatoms. The third kappa shape index (κ3) is 51.9. The Balaban J connectivity index is 2.01. The van der Waals surface area contributed by atoms with Crippen LogP contribution in [-0.4, -0.2) is 100 Å². The predicted octanol–water partition coefficient (Wildman–Crippen LogP) is 18.7. The van der Waals surface area contributed by atoms with Crippen LogP contribution in [0.15, 0.2) is 72.9 Å². The number of rotatable bonds is 63. The van der Waals surface area contributed by atoms with Crippen molar-refractivity contribution in [2.24, 2.45) is 0 Å². The summed E-state index contributed by atoms with van der Waals surface area (Å²) in [5.41, 5.74) is 0. The van der Waals surface area contributed by atoms with E-state index in [1.54, 1.807) is 6.08 Å². The zero-order chi connectivity index (χ0) is 62.3. The largest absolute Gasteiger partial charge is 0.466 e. The number of ether oxygens (including phenoxy) is 3. The number of nitrogens with one attached hydrogen (secondary N) is 1. The maximum Gasteiger partial charge on any atom is 0.305 e. The Bertz CT molecular complexity index is 1660. The van der Waals surface area contributed by atoms with Crippen molar-refractivity contribution in [3.05, 3.63) is 72.9 Å². The normalized spacial score (nSPS) is 18.3. The van der Waals surface area contributed by atoms with E-state index in [9.17, 15) is 35.1 Å². The fraction of sp³-hybridized carbons (Fsp3) is 0.813. The van der Waals surface area contributed by atoms with Crippen molar-refractivity contribution in [2.75, 3.05) is 19.8 Å². The molecule has 11 nitrogen and oxygen atoms in total. The van der Waals surface area contributed by atoms with Crippen LogP contribution in [0.3, 0.4) is 0 Å². The number of hydrogen-bond acceptors (Lipinski definition) is 10. The molecule has 0 bridgehead atoms. The van der Waals surface area contributed by atoms with Gasteiger partial charge in [0.1, 0.15) is 24.4 Å². The van der Waals surface area contributed by atoms with Crippen LogP contribution in [0.1, 0.15) is 328 Å². The van der Waals surface area contributed by atoms with Crippen molar-refractivity contribution in [1.82, 2.24) is 5.32 Å². The molecule has 0 aromatic carbocycles. The van der Waals surface area contributed by atoms with Crippen molar-refractivity contribution < 1.29 is 49.3 Å². The molecular formula is C75H135NO10. The summed E-state index contributed by atoms with van der Waals surface area (Å²) in [6.07, 6.45) is 76.0. The van der Waals surface area contributed by atoms with E-state index in [1.165, 1.54) is 225 Å². The van der Waals surface area contributed by atoms with Gasteiger partial charge < -0.3 is 45.1 Å². The minimum absolute atomic E-state index is 0.00570. The average Bonchev–Trinajstić information content (AvgIpc) is 2.68. The van der Waals surface area contributed by atoms with E-state index in [-0.39, 0.29) is 18.5 Å². The molecule has 6 N–H and O–H groups in total. The van der Waals surface area contributed by atoms with Gasteiger partial charge in [-0.15, -0.1) is 0 Å². The van der Waals surface area contributed by atoms with Crippen LogP contribution in [0.4, 0.5) is 0 Å². The molecule has 0 spiro atoms. The zero-order valence-corrected chi connectivity index (χ0v) is 55.5. The Morgan fingerprint density at radius 1 is 0.430 bits per heavy atom. The van der Waals surface area contributed by atoms with E-state index in [0.29, 0.717) is 19.4 Å². The molecule has 0 aromatic heterocycles. The number of carbonyl (C=O) groups is 2.